The molecule has 0 saturated carbocycles. The zero-order valence-corrected chi connectivity index (χ0v) is 11.9. The summed E-state index contributed by atoms with van der Waals surface area (Å²) in [6.07, 6.45) is 4.27. The molecule has 90 valence electrons. The molecule has 2 heterocycles. The van der Waals surface area contributed by atoms with E-state index >= 15 is 0 Å². The smallest absolute Gasteiger partial charge is 0.206 e. The number of aryl methyl sites for hydroxylation is 4. The molecule has 2 rings (SSSR count). The third kappa shape index (κ3) is 3.63. The Balaban J connectivity index is 0.00000144. The molecule has 0 bridgehead atoms. The van der Waals surface area contributed by atoms with Crippen LogP contribution in [0.15, 0.2) is 48.8 Å². The van der Waals surface area contributed by atoms with Crippen LogP contribution in [-0.4, -0.2) is 0 Å². The van der Waals surface area contributed by atoms with E-state index in [1.807, 2.05) is 0 Å². The molecule has 0 aliphatic carbocycles. The van der Waals surface area contributed by atoms with Gasteiger partial charge in [0.15, 0.2) is 23.8 Å². The Morgan fingerprint density at radius 3 is 1.53 bits per heavy atom. The van der Waals surface area contributed by atoms with Gasteiger partial charge in [0.25, 0.3) is 0 Å². The summed E-state index contributed by atoms with van der Waals surface area (Å²) < 4.78 is 4.55. The minimum Gasteiger partial charge on any atom is -1.00 e. The molecule has 0 fully saturated rings. The molecular weight excluding hydrogens is 276 g/mol. The lowest BCUT2D eigenvalue weighted by molar-refractivity contribution is -0.783. The maximum atomic E-state index is 2.28. The zero-order chi connectivity index (χ0) is 11.4. The highest BCUT2D eigenvalue weighted by Gasteiger charge is 2.09. The molecule has 0 aliphatic rings. The first-order valence-corrected chi connectivity index (χ1v) is 5.67. The van der Waals surface area contributed by atoms with E-state index in [0.29, 0.717) is 0 Å². The Bertz CT molecular complexity index is 438. The summed E-state index contributed by atoms with van der Waals surface area (Å²) in [4.78, 5) is 0. The lowest BCUT2D eigenvalue weighted by atomic mass is 10.3. The molecule has 2 aromatic rings. The second-order valence-corrected chi connectivity index (χ2v) is 4.07. The van der Waals surface area contributed by atoms with Gasteiger partial charge in [0.05, 0.1) is 0 Å². The van der Waals surface area contributed by atoms with Gasteiger partial charge in [-0.15, -0.1) is 0 Å². The maximum absolute atomic E-state index is 2.28. The van der Waals surface area contributed by atoms with Crippen LogP contribution in [0.1, 0.15) is 11.4 Å². The average Bonchev–Trinajstić information content (AvgIpc) is 2.30. The van der Waals surface area contributed by atoms with Crippen LogP contribution in [0.5, 0.6) is 0 Å². The minimum atomic E-state index is 0. The third-order valence-electron chi connectivity index (χ3n) is 2.92. The highest BCUT2D eigenvalue weighted by Crippen LogP contribution is 1.89. The molecule has 0 spiro atoms. The van der Waals surface area contributed by atoms with Crippen molar-refractivity contribution in [3.8, 4) is 0 Å². The van der Waals surface area contributed by atoms with E-state index in [1.165, 1.54) is 11.4 Å². The number of pyridine rings is 2. The van der Waals surface area contributed by atoms with Crippen LogP contribution in [0, 0.1) is 13.8 Å². The largest absolute Gasteiger partial charge is 1.00 e. The van der Waals surface area contributed by atoms with E-state index in [-0.39, 0.29) is 17.0 Å². The highest BCUT2D eigenvalue weighted by atomic mass is 79.9. The van der Waals surface area contributed by atoms with Crippen molar-refractivity contribution in [1.29, 1.82) is 0 Å². The van der Waals surface area contributed by atoms with Gasteiger partial charge in [0.2, 0.25) is 13.1 Å². The van der Waals surface area contributed by atoms with Gasteiger partial charge in [0.1, 0.15) is 0 Å². The fourth-order valence-electron chi connectivity index (χ4n) is 1.84. The van der Waals surface area contributed by atoms with Crippen LogP contribution in [0.4, 0.5) is 0 Å². The van der Waals surface area contributed by atoms with Crippen LogP contribution in [0.2, 0.25) is 0 Å². The fraction of sp³-hybridized carbons (Fsp3) is 0.286. The number of rotatable bonds is 3. The first-order valence-electron chi connectivity index (χ1n) is 5.67. The van der Waals surface area contributed by atoms with E-state index in [4.69, 9.17) is 0 Å². The van der Waals surface area contributed by atoms with Crippen LogP contribution in [0.3, 0.4) is 0 Å². The monoisotopic (exact) mass is 293 g/mol. The summed E-state index contributed by atoms with van der Waals surface area (Å²) in [5, 5.41) is 0. The molecular formula is C14H18BrN2+. The van der Waals surface area contributed by atoms with Gasteiger partial charge in [-0.3, -0.25) is 0 Å². The van der Waals surface area contributed by atoms with Gasteiger partial charge in [-0.05, 0) is 0 Å². The van der Waals surface area contributed by atoms with Crippen molar-refractivity contribution in [2.24, 2.45) is 0 Å². The Kier molecular flexibility index (Phi) is 5.29. The number of nitrogens with zero attached hydrogens (tertiary/aromatic N) is 2. The number of aromatic nitrogens is 2. The molecule has 0 atom stereocenters. The SMILES string of the molecule is Cc1cccc[n+]1CC[n+]1ccccc1C.[Br-]. The van der Waals surface area contributed by atoms with Crippen LogP contribution in [0.25, 0.3) is 0 Å². The Morgan fingerprint density at radius 2 is 1.18 bits per heavy atom. The predicted octanol–water partition coefficient (Wildman–Crippen LogP) is -1.42. The van der Waals surface area contributed by atoms with Crippen molar-refractivity contribution in [2.75, 3.05) is 0 Å². The second-order valence-electron chi connectivity index (χ2n) is 4.07. The highest BCUT2D eigenvalue weighted by molar-refractivity contribution is 4.94. The maximum Gasteiger partial charge on any atom is 0.206 e. The minimum absolute atomic E-state index is 0. The van der Waals surface area contributed by atoms with Gasteiger partial charge < -0.3 is 17.0 Å². The molecule has 0 unspecified atom stereocenters. The third-order valence-corrected chi connectivity index (χ3v) is 2.92. The fourth-order valence-corrected chi connectivity index (χ4v) is 1.84. The Hall–Kier alpha value is -1.22. The zero-order valence-electron chi connectivity index (χ0n) is 10.3. The summed E-state index contributed by atoms with van der Waals surface area (Å²) in [5.74, 6) is 0. The summed E-state index contributed by atoms with van der Waals surface area (Å²) >= 11 is 0. The summed E-state index contributed by atoms with van der Waals surface area (Å²) in [6.45, 7) is 6.31. The van der Waals surface area contributed by atoms with E-state index in [1.54, 1.807) is 0 Å². The van der Waals surface area contributed by atoms with Gasteiger partial charge >= 0.3 is 0 Å². The number of hydrogen-bond donors (Lipinski definition) is 0. The molecule has 0 aliphatic heterocycles. The molecule has 2 nitrogen and oxygen atoms in total. The van der Waals surface area contributed by atoms with Crippen molar-refractivity contribution in [1.82, 2.24) is 0 Å². The normalized spacial score (nSPS) is 9.76. The van der Waals surface area contributed by atoms with E-state index in [9.17, 15) is 0 Å². The Morgan fingerprint density at radius 1 is 0.765 bits per heavy atom. The molecule has 0 N–H and O–H groups in total. The summed E-state index contributed by atoms with van der Waals surface area (Å²) in [5.41, 5.74) is 2.60. The van der Waals surface area contributed by atoms with E-state index < -0.39 is 0 Å². The topological polar surface area (TPSA) is 7.76 Å². The molecule has 17 heavy (non-hydrogen) atoms. The molecule has 2 aromatic heterocycles. The first-order chi connectivity index (χ1) is 7.77. The summed E-state index contributed by atoms with van der Waals surface area (Å²) in [7, 11) is 0. The lowest BCUT2D eigenvalue weighted by Crippen LogP contribution is -3.00. The van der Waals surface area contributed by atoms with Crippen molar-refractivity contribution in [2.45, 2.75) is 26.9 Å². The second kappa shape index (κ2) is 6.50. The molecule has 0 amide bonds. The molecule has 0 radical (unpaired) electrons. The quantitative estimate of drug-likeness (QED) is 0.614. The average molecular weight is 294 g/mol. The van der Waals surface area contributed by atoms with Gasteiger partial charge in [0, 0.05) is 38.1 Å². The van der Waals surface area contributed by atoms with E-state index in [2.05, 4.69) is 71.8 Å². The molecule has 0 aromatic carbocycles. The van der Waals surface area contributed by atoms with Gasteiger partial charge in [-0.25, -0.2) is 0 Å². The van der Waals surface area contributed by atoms with Crippen molar-refractivity contribution in [3.63, 3.8) is 0 Å². The molecule has 3 heteroatoms. The number of halogens is 1. The van der Waals surface area contributed by atoms with E-state index in [0.717, 1.165) is 13.1 Å². The number of hydrogen-bond acceptors (Lipinski definition) is 0. The molecule has 0 saturated heterocycles. The standard InChI is InChI=1S/C14H18N2.BrH/c1-13-7-3-5-9-15(13)11-12-16-10-6-4-8-14(16)2;/h3-10H,11-12H2,1-2H3;1H/q+2;/p-1. The van der Waals surface area contributed by atoms with Crippen molar-refractivity contribution < 1.29 is 26.1 Å². The van der Waals surface area contributed by atoms with Gasteiger partial charge in [-0.1, -0.05) is 12.1 Å². The van der Waals surface area contributed by atoms with Gasteiger partial charge in [-0.2, -0.15) is 9.13 Å². The van der Waals surface area contributed by atoms with Crippen LogP contribution in [-0.2, 0) is 13.1 Å². The van der Waals surface area contributed by atoms with Crippen LogP contribution >= 0.6 is 0 Å². The summed E-state index contributed by atoms with van der Waals surface area (Å²) in [6, 6.07) is 12.6. The van der Waals surface area contributed by atoms with Crippen molar-refractivity contribution >= 4 is 0 Å². The van der Waals surface area contributed by atoms with Crippen molar-refractivity contribution in [3.05, 3.63) is 60.2 Å². The lowest BCUT2D eigenvalue weighted by Gasteiger charge is -1.99. The predicted molar refractivity (Wildman–Crippen MR) is 62.7 cm³/mol. The van der Waals surface area contributed by atoms with Crippen LogP contribution < -0.4 is 26.1 Å². The first kappa shape index (κ1) is 13.8. The Labute approximate surface area is 113 Å².